The Morgan fingerprint density at radius 2 is 1.70 bits per heavy atom. The van der Waals surface area contributed by atoms with Crippen LogP contribution in [0.2, 0.25) is 0 Å². The van der Waals surface area contributed by atoms with Gasteiger partial charge in [0.15, 0.2) is 11.6 Å². The summed E-state index contributed by atoms with van der Waals surface area (Å²) in [5.41, 5.74) is 5.23. The van der Waals surface area contributed by atoms with Crippen LogP contribution in [0.4, 0.5) is 15.8 Å². The number of ether oxygens (including phenoxy) is 1. The van der Waals surface area contributed by atoms with E-state index in [2.05, 4.69) is 30.1 Å². The first-order valence-corrected chi connectivity index (χ1v) is 13.1. The van der Waals surface area contributed by atoms with Crippen molar-refractivity contribution in [1.82, 2.24) is 4.90 Å². The van der Waals surface area contributed by atoms with Gasteiger partial charge in [0.25, 0.3) is 0 Å². The van der Waals surface area contributed by atoms with Crippen molar-refractivity contribution < 1.29 is 19.3 Å². The van der Waals surface area contributed by atoms with Crippen LogP contribution in [0.3, 0.4) is 0 Å². The van der Waals surface area contributed by atoms with Crippen molar-refractivity contribution in [2.45, 2.75) is 44.9 Å². The van der Waals surface area contributed by atoms with Crippen molar-refractivity contribution in [2.24, 2.45) is 0 Å². The van der Waals surface area contributed by atoms with Gasteiger partial charge in [-0.25, -0.2) is 4.39 Å². The number of piperidine rings is 1. The van der Waals surface area contributed by atoms with E-state index in [9.17, 15) is 14.6 Å². The maximum absolute atomic E-state index is 14.9. The number of likely N-dealkylation sites (tertiary alicyclic amines) is 1. The number of benzene rings is 3. The monoisotopic (exact) mass is 502 g/mol. The highest BCUT2D eigenvalue weighted by Crippen LogP contribution is 2.46. The van der Waals surface area contributed by atoms with E-state index in [0.717, 1.165) is 41.9 Å². The first-order chi connectivity index (χ1) is 17.8. The number of aromatic hydroxyl groups is 2. The molecule has 1 aliphatic carbocycles. The van der Waals surface area contributed by atoms with E-state index in [1.54, 1.807) is 30.3 Å². The van der Waals surface area contributed by atoms with Gasteiger partial charge in [-0.15, -0.1) is 0 Å². The number of nitrogens with zero attached hydrogens (tertiary/aromatic N) is 1. The summed E-state index contributed by atoms with van der Waals surface area (Å²) in [7, 11) is 0. The maximum atomic E-state index is 14.9. The molecule has 0 amide bonds. The van der Waals surface area contributed by atoms with Gasteiger partial charge >= 0.3 is 0 Å². The van der Waals surface area contributed by atoms with Crippen molar-refractivity contribution >= 4 is 16.9 Å². The number of phenolic OH excluding ortho intramolecular Hbond substituents is 2. The summed E-state index contributed by atoms with van der Waals surface area (Å²) in [6.07, 6.45) is 6.58. The summed E-state index contributed by atoms with van der Waals surface area (Å²) in [4.78, 5) is 2.36. The highest BCUT2D eigenvalue weighted by Gasteiger charge is 2.33. The van der Waals surface area contributed by atoms with Gasteiger partial charge in [-0.3, -0.25) is 4.90 Å². The molecule has 1 fully saturated rings. The zero-order chi connectivity index (χ0) is 26.0. The number of anilines is 2. The molecule has 0 unspecified atom stereocenters. The average molecular weight is 503 g/mol. The molecule has 6 heteroatoms. The molecule has 0 bridgehead atoms. The third-order valence-corrected chi connectivity index (χ3v) is 7.58. The Morgan fingerprint density at radius 3 is 2.49 bits per heavy atom. The average Bonchev–Trinajstić information content (AvgIpc) is 2.86. The molecule has 0 atom stereocenters. The molecule has 3 N–H and O–H groups in total. The molecule has 5 nitrogen and oxygen atoms in total. The molecule has 1 heterocycles. The number of rotatable bonds is 7. The van der Waals surface area contributed by atoms with Gasteiger partial charge in [0.2, 0.25) is 0 Å². The zero-order valence-corrected chi connectivity index (χ0v) is 21.6. The molecule has 2 aliphatic rings. The van der Waals surface area contributed by atoms with Crippen molar-refractivity contribution in [3.63, 3.8) is 0 Å². The Kier molecular flexibility index (Phi) is 7.11. The fourth-order valence-electron chi connectivity index (χ4n) is 5.61. The number of hydrogen-bond donors (Lipinski definition) is 3. The first-order valence-electron chi connectivity index (χ1n) is 13.1. The highest BCUT2D eigenvalue weighted by molar-refractivity contribution is 5.86. The normalized spacial score (nSPS) is 17.1. The summed E-state index contributed by atoms with van der Waals surface area (Å²) in [6.45, 7) is 7.74. The summed E-state index contributed by atoms with van der Waals surface area (Å²) >= 11 is 0. The van der Waals surface area contributed by atoms with E-state index in [1.807, 2.05) is 18.2 Å². The van der Waals surface area contributed by atoms with Crippen molar-refractivity contribution in [2.75, 3.05) is 31.6 Å². The number of halogens is 1. The number of hydrogen-bond acceptors (Lipinski definition) is 5. The second-order valence-electron chi connectivity index (χ2n) is 10.5. The van der Waals surface area contributed by atoms with Gasteiger partial charge in [-0.05, 0) is 85.5 Å². The van der Waals surface area contributed by atoms with E-state index in [1.165, 1.54) is 25.3 Å². The molecular weight excluding hydrogens is 467 g/mol. The minimum atomic E-state index is -0.420. The summed E-state index contributed by atoms with van der Waals surface area (Å²) in [5, 5.41) is 23.5. The number of allylic oxidation sites excluding steroid dienone is 2. The van der Waals surface area contributed by atoms with E-state index in [0.29, 0.717) is 24.4 Å². The van der Waals surface area contributed by atoms with Gasteiger partial charge in [0.1, 0.15) is 18.1 Å². The van der Waals surface area contributed by atoms with E-state index in [-0.39, 0.29) is 22.7 Å². The summed E-state index contributed by atoms with van der Waals surface area (Å²) < 4.78 is 20.7. The molecular formula is C31H35FN2O3. The predicted molar refractivity (Wildman–Crippen MR) is 146 cm³/mol. The number of phenols is 2. The van der Waals surface area contributed by atoms with Crippen molar-refractivity contribution in [3.8, 4) is 17.2 Å². The second kappa shape index (κ2) is 10.5. The fraction of sp³-hybridized carbons (Fsp3) is 0.355. The standard InChI is InChI=1S/C31H35FN2O3/c1-31(2)26-12-9-23(35)18-21(26)6-11-27(31)25-10-8-24(36)20-29(25)33-22-7-13-30(28(32)19-22)37-17-16-34-14-4-3-5-15-34/h7-13,18-20,33,35-36H,3-6,14-17H2,1-2H3. The third-order valence-electron chi connectivity index (χ3n) is 7.58. The lowest BCUT2D eigenvalue weighted by Gasteiger charge is -2.35. The topological polar surface area (TPSA) is 65.0 Å². The molecule has 37 heavy (non-hydrogen) atoms. The van der Waals surface area contributed by atoms with Crippen LogP contribution in [-0.2, 0) is 11.8 Å². The van der Waals surface area contributed by atoms with Gasteiger partial charge in [-0.2, -0.15) is 0 Å². The molecule has 1 saturated heterocycles. The number of nitrogens with one attached hydrogen (secondary N) is 1. The molecule has 0 spiro atoms. The largest absolute Gasteiger partial charge is 0.508 e. The van der Waals surface area contributed by atoms with Crippen LogP contribution in [0.1, 0.15) is 49.8 Å². The smallest absolute Gasteiger partial charge is 0.167 e. The quantitative estimate of drug-likeness (QED) is 0.333. The Balaban J connectivity index is 1.35. The SMILES string of the molecule is CC1(C)C(c2ccc(O)cc2Nc2ccc(OCCN3CCCCC3)c(F)c2)=CCc2cc(O)ccc21. The Bertz CT molecular complexity index is 1310. The first kappa shape index (κ1) is 25.2. The Labute approximate surface area is 218 Å². The molecule has 5 rings (SSSR count). The van der Waals surface area contributed by atoms with Crippen LogP contribution in [0, 0.1) is 5.82 Å². The molecule has 194 valence electrons. The summed E-state index contributed by atoms with van der Waals surface area (Å²) in [6, 6.07) is 15.6. The van der Waals surface area contributed by atoms with E-state index >= 15 is 0 Å². The predicted octanol–water partition coefficient (Wildman–Crippen LogP) is 6.76. The van der Waals surface area contributed by atoms with Crippen molar-refractivity contribution in [1.29, 1.82) is 0 Å². The van der Waals surface area contributed by atoms with E-state index < -0.39 is 5.82 Å². The zero-order valence-electron chi connectivity index (χ0n) is 21.6. The lowest BCUT2D eigenvalue weighted by atomic mass is 9.69. The molecule has 0 aromatic heterocycles. The second-order valence-corrected chi connectivity index (χ2v) is 10.5. The minimum absolute atomic E-state index is 0.129. The molecule has 0 radical (unpaired) electrons. The van der Waals surface area contributed by atoms with Crippen LogP contribution in [0.25, 0.3) is 5.57 Å². The van der Waals surface area contributed by atoms with Crippen LogP contribution in [-0.4, -0.2) is 41.4 Å². The highest BCUT2D eigenvalue weighted by atomic mass is 19.1. The molecule has 1 aliphatic heterocycles. The molecule has 3 aromatic carbocycles. The Hall–Kier alpha value is -3.51. The minimum Gasteiger partial charge on any atom is -0.508 e. The van der Waals surface area contributed by atoms with Crippen LogP contribution in [0.5, 0.6) is 17.2 Å². The fourth-order valence-corrected chi connectivity index (χ4v) is 5.61. The van der Waals surface area contributed by atoms with Gasteiger partial charge in [-0.1, -0.05) is 32.4 Å². The van der Waals surface area contributed by atoms with Crippen molar-refractivity contribution in [3.05, 3.63) is 83.2 Å². The Morgan fingerprint density at radius 1 is 0.946 bits per heavy atom. The van der Waals surface area contributed by atoms with Gasteiger partial charge in [0, 0.05) is 41.0 Å². The van der Waals surface area contributed by atoms with Gasteiger partial charge < -0.3 is 20.3 Å². The lowest BCUT2D eigenvalue weighted by molar-refractivity contribution is 0.180. The van der Waals surface area contributed by atoms with Gasteiger partial charge in [0.05, 0.1) is 0 Å². The van der Waals surface area contributed by atoms with Crippen LogP contribution in [0.15, 0.2) is 60.7 Å². The molecule has 3 aromatic rings. The molecule has 0 saturated carbocycles. The lowest BCUT2D eigenvalue weighted by Crippen LogP contribution is -2.33. The number of fused-ring (bicyclic) bond motifs is 1. The van der Waals surface area contributed by atoms with E-state index in [4.69, 9.17) is 4.74 Å². The summed E-state index contributed by atoms with van der Waals surface area (Å²) in [5.74, 6) is 0.217. The third kappa shape index (κ3) is 5.44. The van der Waals surface area contributed by atoms with Crippen LogP contribution < -0.4 is 10.1 Å². The maximum Gasteiger partial charge on any atom is 0.167 e. The van der Waals surface area contributed by atoms with Crippen LogP contribution >= 0.6 is 0 Å².